The molecule has 4 rings (SSSR count). The molecule has 0 bridgehead atoms. The van der Waals surface area contributed by atoms with E-state index in [0.29, 0.717) is 5.92 Å². The molecular weight excluding hydrogens is 218 g/mol. The van der Waals surface area contributed by atoms with Gasteiger partial charge in [-0.25, -0.2) is 0 Å². The van der Waals surface area contributed by atoms with Crippen molar-refractivity contribution in [2.45, 2.75) is 12.3 Å². The highest BCUT2D eigenvalue weighted by Gasteiger charge is 2.34. The summed E-state index contributed by atoms with van der Waals surface area (Å²) >= 11 is 0. The van der Waals surface area contributed by atoms with Crippen molar-refractivity contribution in [3.63, 3.8) is 0 Å². The fourth-order valence-electron chi connectivity index (χ4n) is 3.66. The van der Waals surface area contributed by atoms with Crippen LogP contribution >= 0.6 is 0 Å². The van der Waals surface area contributed by atoms with Crippen molar-refractivity contribution in [3.8, 4) is 11.1 Å². The van der Waals surface area contributed by atoms with Gasteiger partial charge in [0.05, 0.1) is 0 Å². The quantitative estimate of drug-likeness (QED) is 0.798. The Bertz CT molecular complexity index is 536. The van der Waals surface area contributed by atoms with Gasteiger partial charge >= 0.3 is 0 Å². The van der Waals surface area contributed by atoms with E-state index in [4.69, 9.17) is 0 Å². The molecule has 1 N–H and O–H groups in total. The molecule has 1 nitrogen and oxygen atoms in total. The lowest BCUT2D eigenvalue weighted by Gasteiger charge is -2.20. The zero-order chi connectivity index (χ0) is 11.9. The zero-order valence-electron chi connectivity index (χ0n) is 10.4. The monoisotopic (exact) mass is 235 g/mol. The molecule has 2 aromatic carbocycles. The van der Waals surface area contributed by atoms with E-state index in [1.807, 2.05) is 0 Å². The van der Waals surface area contributed by atoms with E-state index in [-0.39, 0.29) is 0 Å². The Labute approximate surface area is 108 Å². The number of hydrogen-bond acceptors (Lipinski definition) is 1. The standard InChI is InChI=1S/C17H17N/c1-3-7-15-13(5-1)14-6-2-4-8-16(14)17(15)12-9-10-18-11-12/h1-8,12,17-18H,9-11H2/t12-/m0/s1. The molecule has 1 heterocycles. The minimum absolute atomic E-state index is 0.604. The number of fused-ring (bicyclic) bond motifs is 3. The van der Waals surface area contributed by atoms with Gasteiger partial charge in [-0.1, -0.05) is 48.5 Å². The van der Waals surface area contributed by atoms with Gasteiger partial charge in [0.1, 0.15) is 0 Å². The van der Waals surface area contributed by atoms with Crippen molar-refractivity contribution in [3.05, 3.63) is 59.7 Å². The SMILES string of the molecule is c1ccc2c(c1)-c1ccccc1C2[C@H]1CCNC1. The Morgan fingerprint density at radius 3 is 2.00 bits per heavy atom. The summed E-state index contributed by atoms with van der Waals surface area (Å²) in [5.74, 6) is 1.36. The lowest BCUT2D eigenvalue weighted by atomic mass is 9.84. The van der Waals surface area contributed by atoms with Gasteiger partial charge in [0, 0.05) is 5.92 Å². The van der Waals surface area contributed by atoms with E-state index in [2.05, 4.69) is 53.8 Å². The van der Waals surface area contributed by atoms with Gasteiger partial charge in [0.2, 0.25) is 0 Å². The predicted molar refractivity (Wildman–Crippen MR) is 74.7 cm³/mol. The molecule has 1 aliphatic carbocycles. The Balaban J connectivity index is 1.92. The Morgan fingerprint density at radius 2 is 1.44 bits per heavy atom. The molecule has 1 saturated heterocycles. The van der Waals surface area contributed by atoms with E-state index in [9.17, 15) is 0 Å². The molecule has 0 aromatic heterocycles. The second-order valence-electron chi connectivity index (χ2n) is 5.41. The van der Waals surface area contributed by atoms with Gasteiger partial charge in [0.15, 0.2) is 0 Å². The van der Waals surface area contributed by atoms with E-state index < -0.39 is 0 Å². The predicted octanol–water partition coefficient (Wildman–Crippen LogP) is 3.41. The minimum Gasteiger partial charge on any atom is -0.316 e. The molecule has 0 radical (unpaired) electrons. The normalized spacial score (nSPS) is 21.9. The summed E-state index contributed by atoms with van der Waals surface area (Å²) < 4.78 is 0. The van der Waals surface area contributed by atoms with Crippen molar-refractivity contribution in [2.75, 3.05) is 13.1 Å². The highest BCUT2D eigenvalue weighted by Crippen LogP contribution is 2.49. The van der Waals surface area contributed by atoms with Gasteiger partial charge in [-0.05, 0) is 47.7 Å². The van der Waals surface area contributed by atoms with Crippen LogP contribution in [0.5, 0.6) is 0 Å². The maximum absolute atomic E-state index is 3.51. The third-order valence-corrected chi connectivity index (χ3v) is 4.45. The molecular formula is C17H17N. The van der Waals surface area contributed by atoms with Crippen LogP contribution in [0.15, 0.2) is 48.5 Å². The topological polar surface area (TPSA) is 12.0 Å². The third kappa shape index (κ3) is 1.37. The highest BCUT2D eigenvalue weighted by atomic mass is 14.9. The fraction of sp³-hybridized carbons (Fsp3) is 0.294. The lowest BCUT2D eigenvalue weighted by molar-refractivity contribution is 0.519. The first-order valence-electron chi connectivity index (χ1n) is 6.84. The van der Waals surface area contributed by atoms with E-state index in [0.717, 1.165) is 12.5 Å². The van der Waals surface area contributed by atoms with Crippen LogP contribution in [0.25, 0.3) is 11.1 Å². The first-order valence-corrected chi connectivity index (χ1v) is 6.84. The fourth-order valence-corrected chi connectivity index (χ4v) is 3.66. The molecule has 0 spiro atoms. The summed E-state index contributed by atoms with van der Waals surface area (Å²) in [6.07, 6.45) is 1.30. The molecule has 0 amide bonds. The summed E-state index contributed by atoms with van der Waals surface area (Å²) in [6.45, 7) is 2.33. The summed E-state index contributed by atoms with van der Waals surface area (Å²) in [7, 11) is 0. The van der Waals surface area contributed by atoms with Crippen LogP contribution in [-0.4, -0.2) is 13.1 Å². The van der Waals surface area contributed by atoms with Gasteiger partial charge in [-0.15, -0.1) is 0 Å². The summed E-state index contributed by atoms with van der Waals surface area (Å²) in [4.78, 5) is 0. The number of nitrogens with one attached hydrogen (secondary N) is 1. The molecule has 1 fully saturated rings. The Morgan fingerprint density at radius 1 is 0.833 bits per heavy atom. The van der Waals surface area contributed by atoms with Crippen LogP contribution in [0.4, 0.5) is 0 Å². The van der Waals surface area contributed by atoms with Crippen LogP contribution in [-0.2, 0) is 0 Å². The number of rotatable bonds is 1. The van der Waals surface area contributed by atoms with Gasteiger partial charge in [0.25, 0.3) is 0 Å². The number of benzene rings is 2. The average Bonchev–Trinajstić information content (AvgIpc) is 3.03. The first kappa shape index (κ1) is 10.3. The van der Waals surface area contributed by atoms with Crippen molar-refractivity contribution >= 4 is 0 Å². The van der Waals surface area contributed by atoms with Gasteiger partial charge in [-0.3, -0.25) is 0 Å². The smallest absolute Gasteiger partial charge is 0.0142 e. The van der Waals surface area contributed by atoms with Crippen molar-refractivity contribution in [1.82, 2.24) is 5.32 Å². The largest absolute Gasteiger partial charge is 0.316 e. The maximum atomic E-state index is 3.51. The van der Waals surface area contributed by atoms with Crippen LogP contribution in [0, 0.1) is 5.92 Å². The van der Waals surface area contributed by atoms with E-state index in [1.165, 1.54) is 35.2 Å². The molecule has 0 saturated carbocycles. The van der Waals surface area contributed by atoms with Crippen molar-refractivity contribution in [1.29, 1.82) is 0 Å². The van der Waals surface area contributed by atoms with Crippen LogP contribution < -0.4 is 5.32 Å². The zero-order valence-corrected chi connectivity index (χ0v) is 10.4. The Kier molecular flexibility index (Phi) is 2.27. The lowest BCUT2D eigenvalue weighted by Crippen LogP contribution is -2.15. The maximum Gasteiger partial charge on any atom is 0.0142 e. The molecule has 2 aromatic rings. The Hall–Kier alpha value is -1.60. The van der Waals surface area contributed by atoms with E-state index in [1.54, 1.807) is 0 Å². The van der Waals surface area contributed by atoms with E-state index >= 15 is 0 Å². The summed E-state index contributed by atoms with van der Waals surface area (Å²) in [6, 6.07) is 17.9. The summed E-state index contributed by atoms with van der Waals surface area (Å²) in [5.41, 5.74) is 5.97. The molecule has 1 aliphatic heterocycles. The van der Waals surface area contributed by atoms with Gasteiger partial charge in [-0.2, -0.15) is 0 Å². The average molecular weight is 235 g/mol. The molecule has 2 aliphatic rings. The first-order chi connectivity index (χ1) is 8.95. The van der Waals surface area contributed by atoms with Crippen LogP contribution in [0.3, 0.4) is 0 Å². The third-order valence-electron chi connectivity index (χ3n) is 4.45. The summed E-state index contributed by atoms with van der Waals surface area (Å²) in [5, 5.41) is 3.51. The molecule has 18 heavy (non-hydrogen) atoms. The van der Waals surface area contributed by atoms with Crippen molar-refractivity contribution in [2.24, 2.45) is 5.92 Å². The van der Waals surface area contributed by atoms with Gasteiger partial charge < -0.3 is 5.32 Å². The molecule has 90 valence electrons. The van der Waals surface area contributed by atoms with Crippen molar-refractivity contribution < 1.29 is 0 Å². The second-order valence-corrected chi connectivity index (χ2v) is 5.41. The minimum atomic E-state index is 0.604. The number of hydrogen-bond donors (Lipinski definition) is 1. The van der Waals surface area contributed by atoms with Crippen LogP contribution in [0.1, 0.15) is 23.5 Å². The second kappa shape index (κ2) is 3.96. The molecule has 1 heteroatoms. The van der Waals surface area contributed by atoms with Crippen LogP contribution in [0.2, 0.25) is 0 Å². The molecule has 1 atom stereocenters. The molecule has 0 unspecified atom stereocenters. The highest BCUT2D eigenvalue weighted by molar-refractivity contribution is 5.78.